The van der Waals surface area contributed by atoms with Gasteiger partial charge in [0.2, 0.25) is 0 Å². The van der Waals surface area contributed by atoms with Crippen molar-refractivity contribution in [1.29, 1.82) is 0 Å². The van der Waals surface area contributed by atoms with Crippen molar-refractivity contribution in [2.75, 3.05) is 17.9 Å². The molecule has 2 aromatic carbocycles. The maximum atomic E-state index is 13.0. The minimum Gasteiger partial charge on any atom is -0.376 e. The number of fused-ring (bicyclic) bond motifs is 1. The second-order valence-corrected chi connectivity index (χ2v) is 9.91. The molecule has 4 rings (SSSR count). The highest BCUT2D eigenvalue weighted by Crippen LogP contribution is 2.25. The number of thiazole rings is 1. The third-order valence-electron chi connectivity index (χ3n) is 5.20. The summed E-state index contributed by atoms with van der Waals surface area (Å²) in [6.45, 7) is 3.44. The van der Waals surface area contributed by atoms with Crippen molar-refractivity contribution >= 4 is 43.2 Å². The van der Waals surface area contributed by atoms with E-state index in [1.165, 1.54) is 12.1 Å². The van der Waals surface area contributed by atoms with E-state index < -0.39 is 10.0 Å². The molecule has 0 saturated carbocycles. The van der Waals surface area contributed by atoms with Crippen molar-refractivity contribution in [1.82, 2.24) is 9.88 Å². The zero-order chi connectivity index (χ0) is 22.0. The Bertz CT molecular complexity index is 1270. The summed E-state index contributed by atoms with van der Waals surface area (Å²) in [7, 11) is -3.96. The molecule has 0 bridgehead atoms. The fourth-order valence-corrected chi connectivity index (χ4v) is 5.77. The van der Waals surface area contributed by atoms with Gasteiger partial charge in [-0.1, -0.05) is 23.5 Å². The van der Waals surface area contributed by atoms with E-state index >= 15 is 0 Å². The fourth-order valence-electron chi connectivity index (χ4n) is 3.59. The Morgan fingerprint density at radius 1 is 1.26 bits per heavy atom. The number of nitrogens with one attached hydrogen (secondary N) is 2. The van der Waals surface area contributed by atoms with Gasteiger partial charge in [0.05, 0.1) is 32.5 Å². The Morgan fingerprint density at radius 3 is 2.81 bits per heavy atom. The molecule has 31 heavy (non-hydrogen) atoms. The summed E-state index contributed by atoms with van der Waals surface area (Å²) in [5, 5.41) is 2.81. The van der Waals surface area contributed by atoms with Gasteiger partial charge < -0.3 is 10.1 Å². The molecule has 3 aromatic rings. The first-order valence-corrected chi connectivity index (χ1v) is 12.3. The number of hydrogen-bond donors (Lipinski definition) is 2. The summed E-state index contributed by atoms with van der Waals surface area (Å²) in [4.78, 5) is 24.6. The number of nitrogens with zero attached hydrogens (tertiary/aromatic N) is 1. The molecular formula is C21H23N3O5S2. The zero-order valence-electron chi connectivity index (χ0n) is 17.0. The van der Waals surface area contributed by atoms with Crippen LogP contribution in [0.15, 0.2) is 52.2 Å². The lowest BCUT2D eigenvalue weighted by molar-refractivity contribution is 0.0858. The number of aromatic nitrogens is 1. The van der Waals surface area contributed by atoms with Crippen LogP contribution in [-0.4, -0.2) is 38.1 Å². The van der Waals surface area contributed by atoms with Crippen molar-refractivity contribution < 1.29 is 17.9 Å². The fraction of sp³-hybridized carbons (Fsp3) is 0.333. The summed E-state index contributed by atoms with van der Waals surface area (Å²) in [6.07, 6.45) is 1.85. The van der Waals surface area contributed by atoms with E-state index in [2.05, 4.69) is 10.0 Å². The van der Waals surface area contributed by atoms with Crippen LogP contribution >= 0.6 is 11.3 Å². The van der Waals surface area contributed by atoms with Crippen LogP contribution in [0.3, 0.4) is 0 Å². The van der Waals surface area contributed by atoms with Crippen LogP contribution in [0.5, 0.6) is 0 Å². The third kappa shape index (κ3) is 4.51. The van der Waals surface area contributed by atoms with Crippen molar-refractivity contribution in [2.24, 2.45) is 0 Å². The molecule has 0 radical (unpaired) electrons. The Hall–Kier alpha value is -2.69. The first kappa shape index (κ1) is 21.5. The number of aryl methyl sites for hydroxylation is 1. The number of amides is 1. The molecule has 8 nitrogen and oxygen atoms in total. The van der Waals surface area contributed by atoms with Gasteiger partial charge in [0.1, 0.15) is 0 Å². The average molecular weight is 462 g/mol. The lowest BCUT2D eigenvalue weighted by Gasteiger charge is -2.14. The summed E-state index contributed by atoms with van der Waals surface area (Å²) < 4.78 is 36.2. The van der Waals surface area contributed by atoms with Gasteiger partial charge in [-0.3, -0.25) is 18.9 Å². The monoisotopic (exact) mass is 461 g/mol. The standard InChI is InChI=1S/C21H23N3O5S2/c1-2-24-18-10-9-15(12-19(18)30-21(24)26)31(27,28)23-17-8-4-3-7-16(17)20(25)22-13-14-6-5-11-29-14/h3-4,7-10,12,14,23H,2,5-6,11,13H2,1H3,(H,22,25). The van der Waals surface area contributed by atoms with E-state index in [0.717, 1.165) is 24.2 Å². The highest BCUT2D eigenvalue weighted by molar-refractivity contribution is 7.92. The normalized spacial score (nSPS) is 16.5. The largest absolute Gasteiger partial charge is 0.376 e. The second-order valence-electron chi connectivity index (χ2n) is 7.24. The van der Waals surface area contributed by atoms with E-state index in [0.29, 0.717) is 29.9 Å². The van der Waals surface area contributed by atoms with Crippen LogP contribution in [0.25, 0.3) is 10.2 Å². The van der Waals surface area contributed by atoms with Gasteiger partial charge in [-0.2, -0.15) is 0 Å². The van der Waals surface area contributed by atoms with Gasteiger partial charge in [0.25, 0.3) is 15.9 Å². The van der Waals surface area contributed by atoms with Crippen molar-refractivity contribution in [3.05, 3.63) is 57.7 Å². The Kier molecular flexibility index (Phi) is 6.12. The van der Waals surface area contributed by atoms with Gasteiger partial charge in [-0.25, -0.2) is 8.42 Å². The van der Waals surface area contributed by atoms with E-state index in [1.54, 1.807) is 34.9 Å². The van der Waals surface area contributed by atoms with Gasteiger partial charge >= 0.3 is 4.87 Å². The van der Waals surface area contributed by atoms with E-state index in [4.69, 9.17) is 4.74 Å². The zero-order valence-corrected chi connectivity index (χ0v) is 18.6. The summed E-state index contributed by atoms with van der Waals surface area (Å²) in [5.41, 5.74) is 1.11. The maximum Gasteiger partial charge on any atom is 0.308 e. The maximum absolute atomic E-state index is 13.0. The average Bonchev–Trinajstić information content (AvgIpc) is 3.38. The molecule has 1 atom stereocenters. The van der Waals surface area contributed by atoms with E-state index in [-0.39, 0.29) is 33.0 Å². The lowest BCUT2D eigenvalue weighted by atomic mass is 10.1. The van der Waals surface area contributed by atoms with Crippen molar-refractivity contribution in [3.63, 3.8) is 0 Å². The first-order chi connectivity index (χ1) is 14.9. The Morgan fingerprint density at radius 2 is 2.06 bits per heavy atom. The molecule has 1 unspecified atom stereocenters. The van der Waals surface area contributed by atoms with E-state index in [9.17, 15) is 18.0 Å². The predicted octanol–water partition coefficient (Wildman–Crippen LogP) is 2.79. The smallest absolute Gasteiger partial charge is 0.308 e. The molecule has 2 N–H and O–H groups in total. The van der Waals surface area contributed by atoms with Crippen LogP contribution < -0.4 is 14.9 Å². The molecular weight excluding hydrogens is 438 g/mol. The second kappa shape index (κ2) is 8.81. The quantitative estimate of drug-likeness (QED) is 0.563. The molecule has 2 heterocycles. The SMILES string of the molecule is CCn1c(=O)sc2cc(S(=O)(=O)Nc3ccccc3C(=O)NCC3CCCO3)ccc21. The van der Waals surface area contributed by atoms with Crippen LogP contribution in [0.2, 0.25) is 0 Å². The lowest BCUT2D eigenvalue weighted by Crippen LogP contribution is -2.32. The molecule has 0 aliphatic carbocycles. The number of sulfonamides is 1. The number of benzene rings is 2. The molecule has 1 aliphatic rings. The van der Waals surface area contributed by atoms with E-state index in [1.807, 2.05) is 6.92 Å². The van der Waals surface area contributed by atoms with Crippen LogP contribution in [0, 0.1) is 0 Å². The topological polar surface area (TPSA) is 107 Å². The molecule has 10 heteroatoms. The van der Waals surface area contributed by atoms with Crippen LogP contribution in [-0.2, 0) is 21.3 Å². The van der Waals surface area contributed by atoms with Gasteiger partial charge in [-0.15, -0.1) is 0 Å². The molecule has 1 saturated heterocycles. The number of rotatable bonds is 7. The minimum atomic E-state index is -3.96. The summed E-state index contributed by atoms with van der Waals surface area (Å²) in [5.74, 6) is -0.373. The van der Waals surface area contributed by atoms with Gasteiger partial charge in [0.15, 0.2) is 0 Å². The number of anilines is 1. The van der Waals surface area contributed by atoms with Crippen LogP contribution in [0.4, 0.5) is 5.69 Å². The number of para-hydroxylation sites is 1. The van der Waals surface area contributed by atoms with Gasteiger partial charge in [-0.05, 0) is 50.1 Å². The highest BCUT2D eigenvalue weighted by Gasteiger charge is 2.21. The molecule has 164 valence electrons. The van der Waals surface area contributed by atoms with Gasteiger partial charge in [0, 0.05) is 19.7 Å². The molecule has 1 fully saturated rings. The third-order valence-corrected chi connectivity index (χ3v) is 7.50. The summed E-state index contributed by atoms with van der Waals surface area (Å²) >= 11 is 1.01. The molecule has 1 amide bonds. The molecule has 0 spiro atoms. The number of carbonyl (C=O) groups excluding carboxylic acids is 1. The highest BCUT2D eigenvalue weighted by atomic mass is 32.2. The predicted molar refractivity (Wildman–Crippen MR) is 120 cm³/mol. The van der Waals surface area contributed by atoms with Crippen LogP contribution in [0.1, 0.15) is 30.1 Å². The Balaban J connectivity index is 1.57. The molecule has 1 aromatic heterocycles. The van der Waals surface area contributed by atoms with Crippen molar-refractivity contribution in [2.45, 2.75) is 37.3 Å². The number of hydrogen-bond acceptors (Lipinski definition) is 6. The summed E-state index contributed by atoms with van der Waals surface area (Å²) in [6, 6.07) is 11.0. The Labute approximate surface area is 183 Å². The minimum absolute atomic E-state index is 0.0119. The number of ether oxygens (including phenoxy) is 1. The van der Waals surface area contributed by atoms with Crippen molar-refractivity contribution in [3.8, 4) is 0 Å². The number of carbonyl (C=O) groups is 1. The molecule has 1 aliphatic heterocycles. The first-order valence-electron chi connectivity index (χ1n) is 10.0.